The number of nitrogens with zero attached hydrogens (tertiary/aromatic N) is 3. The van der Waals surface area contributed by atoms with Gasteiger partial charge in [-0.2, -0.15) is 4.31 Å². The SMILES string of the molecule is COCc1nnc(NC(=O)c2ccc(S(=O)(=O)N3CC(C)OC(C)C3)cc2)o1. The lowest BCUT2D eigenvalue weighted by molar-refractivity contribution is -0.0440. The van der Waals surface area contributed by atoms with Gasteiger partial charge in [0.2, 0.25) is 15.9 Å². The van der Waals surface area contributed by atoms with Gasteiger partial charge in [0.05, 0.1) is 17.1 Å². The molecule has 11 heteroatoms. The van der Waals surface area contributed by atoms with E-state index >= 15 is 0 Å². The zero-order valence-electron chi connectivity index (χ0n) is 15.8. The molecule has 0 radical (unpaired) electrons. The molecular weight excluding hydrogens is 388 g/mol. The normalized spacial score (nSPS) is 20.8. The van der Waals surface area contributed by atoms with Crippen molar-refractivity contribution in [3.05, 3.63) is 35.7 Å². The number of hydrogen-bond donors (Lipinski definition) is 1. The zero-order chi connectivity index (χ0) is 20.3. The number of sulfonamides is 1. The molecule has 2 unspecified atom stereocenters. The average Bonchev–Trinajstić information content (AvgIpc) is 3.08. The molecule has 28 heavy (non-hydrogen) atoms. The van der Waals surface area contributed by atoms with Crippen LogP contribution in [0.1, 0.15) is 30.1 Å². The van der Waals surface area contributed by atoms with Crippen molar-refractivity contribution in [2.24, 2.45) is 0 Å². The van der Waals surface area contributed by atoms with Crippen LogP contribution in [0.15, 0.2) is 33.6 Å². The highest BCUT2D eigenvalue weighted by molar-refractivity contribution is 7.89. The highest BCUT2D eigenvalue weighted by atomic mass is 32.2. The second-order valence-corrected chi connectivity index (χ2v) is 8.43. The first kappa shape index (κ1) is 20.4. The lowest BCUT2D eigenvalue weighted by atomic mass is 10.2. The molecule has 3 rings (SSSR count). The Balaban J connectivity index is 1.70. The van der Waals surface area contributed by atoms with E-state index in [-0.39, 0.29) is 54.3 Å². The Bertz CT molecular complexity index is 917. The first-order valence-electron chi connectivity index (χ1n) is 8.68. The maximum absolute atomic E-state index is 12.8. The van der Waals surface area contributed by atoms with E-state index in [1.807, 2.05) is 13.8 Å². The van der Waals surface area contributed by atoms with Crippen molar-refractivity contribution in [2.75, 3.05) is 25.5 Å². The minimum Gasteiger partial charge on any atom is -0.405 e. The number of carbonyl (C=O) groups is 1. The molecule has 2 heterocycles. The molecule has 0 aliphatic carbocycles. The predicted molar refractivity (Wildman–Crippen MR) is 98.2 cm³/mol. The molecule has 1 aromatic carbocycles. The molecule has 1 amide bonds. The zero-order valence-corrected chi connectivity index (χ0v) is 16.6. The molecule has 0 spiro atoms. The van der Waals surface area contributed by atoms with Crippen LogP contribution in [-0.2, 0) is 26.1 Å². The van der Waals surface area contributed by atoms with Gasteiger partial charge in [-0.25, -0.2) is 8.42 Å². The molecule has 1 aromatic heterocycles. The van der Waals surface area contributed by atoms with E-state index in [0.717, 1.165) is 0 Å². The maximum atomic E-state index is 12.8. The summed E-state index contributed by atoms with van der Waals surface area (Å²) in [5, 5.41) is 9.86. The van der Waals surface area contributed by atoms with Gasteiger partial charge in [0.25, 0.3) is 5.91 Å². The van der Waals surface area contributed by atoms with Gasteiger partial charge in [-0.05, 0) is 38.1 Å². The third-order valence-corrected chi connectivity index (χ3v) is 5.94. The van der Waals surface area contributed by atoms with E-state index in [0.29, 0.717) is 0 Å². The number of ether oxygens (including phenoxy) is 2. The molecule has 1 saturated heterocycles. The van der Waals surface area contributed by atoms with Crippen LogP contribution in [0.3, 0.4) is 0 Å². The summed E-state index contributed by atoms with van der Waals surface area (Å²) in [4.78, 5) is 12.4. The molecule has 2 atom stereocenters. The van der Waals surface area contributed by atoms with Crippen molar-refractivity contribution in [3.8, 4) is 0 Å². The second-order valence-electron chi connectivity index (χ2n) is 6.49. The molecule has 1 N–H and O–H groups in total. The maximum Gasteiger partial charge on any atom is 0.322 e. The van der Waals surface area contributed by atoms with Crippen LogP contribution < -0.4 is 5.32 Å². The first-order chi connectivity index (χ1) is 13.3. The number of nitrogens with one attached hydrogen (secondary N) is 1. The fourth-order valence-electron chi connectivity index (χ4n) is 2.91. The van der Waals surface area contributed by atoms with Crippen LogP contribution in [0, 0.1) is 0 Å². The van der Waals surface area contributed by atoms with Gasteiger partial charge < -0.3 is 13.9 Å². The smallest absolute Gasteiger partial charge is 0.322 e. The summed E-state index contributed by atoms with van der Waals surface area (Å²) in [7, 11) is -2.18. The third-order valence-electron chi connectivity index (χ3n) is 4.10. The molecule has 1 fully saturated rings. The predicted octanol–water partition coefficient (Wildman–Crippen LogP) is 1.27. The number of morpholine rings is 1. The van der Waals surface area contributed by atoms with Gasteiger partial charge in [0.1, 0.15) is 6.61 Å². The molecule has 1 aliphatic heterocycles. The summed E-state index contributed by atoms with van der Waals surface area (Å²) in [6.45, 7) is 4.38. The number of amides is 1. The first-order valence-corrected chi connectivity index (χ1v) is 10.1. The van der Waals surface area contributed by atoms with Crippen molar-refractivity contribution in [3.63, 3.8) is 0 Å². The van der Waals surface area contributed by atoms with E-state index in [2.05, 4.69) is 15.5 Å². The van der Waals surface area contributed by atoms with Gasteiger partial charge in [-0.3, -0.25) is 10.1 Å². The summed E-state index contributed by atoms with van der Waals surface area (Å²) in [6.07, 6.45) is -0.359. The summed E-state index contributed by atoms with van der Waals surface area (Å²) in [5.41, 5.74) is 0.258. The Hall–Kier alpha value is -2.34. The van der Waals surface area contributed by atoms with E-state index in [1.165, 1.54) is 35.7 Å². The fourth-order valence-corrected chi connectivity index (χ4v) is 4.50. The Labute approximate surface area is 162 Å². The Kier molecular flexibility index (Phi) is 6.08. The Morgan fingerprint density at radius 2 is 1.86 bits per heavy atom. The second kappa shape index (κ2) is 8.35. The highest BCUT2D eigenvalue weighted by Crippen LogP contribution is 2.21. The van der Waals surface area contributed by atoms with E-state index in [1.54, 1.807) is 0 Å². The van der Waals surface area contributed by atoms with Gasteiger partial charge >= 0.3 is 6.01 Å². The van der Waals surface area contributed by atoms with Gasteiger partial charge in [-0.15, -0.1) is 5.10 Å². The van der Waals surface area contributed by atoms with Crippen molar-refractivity contribution in [1.82, 2.24) is 14.5 Å². The number of rotatable bonds is 6. The molecule has 2 aromatic rings. The average molecular weight is 410 g/mol. The highest BCUT2D eigenvalue weighted by Gasteiger charge is 2.32. The molecule has 152 valence electrons. The number of methoxy groups -OCH3 is 1. The standard InChI is InChI=1S/C17H22N4O6S/c1-11-8-21(9-12(2)26-11)28(23,24)14-6-4-13(5-7-14)16(22)18-17-20-19-15(27-17)10-25-3/h4-7,11-12H,8-10H2,1-3H3,(H,18,20,22). The van der Waals surface area contributed by atoms with Gasteiger partial charge in [0.15, 0.2) is 0 Å². The van der Waals surface area contributed by atoms with Gasteiger partial charge in [-0.1, -0.05) is 5.10 Å². The van der Waals surface area contributed by atoms with Gasteiger partial charge in [0, 0.05) is 25.8 Å². The summed E-state index contributed by atoms with van der Waals surface area (Å²) in [6, 6.07) is 5.60. The minimum absolute atomic E-state index is 0.0648. The van der Waals surface area contributed by atoms with E-state index in [4.69, 9.17) is 13.9 Å². The van der Waals surface area contributed by atoms with Crippen LogP contribution in [0.5, 0.6) is 0 Å². The van der Waals surface area contributed by atoms with Crippen LogP contribution in [0.25, 0.3) is 0 Å². The van der Waals surface area contributed by atoms with Crippen molar-refractivity contribution in [1.29, 1.82) is 0 Å². The van der Waals surface area contributed by atoms with Crippen molar-refractivity contribution in [2.45, 2.75) is 37.6 Å². The van der Waals surface area contributed by atoms with Crippen LogP contribution in [-0.4, -0.2) is 61.2 Å². The summed E-state index contributed by atoms with van der Waals surface area (Å²) >= 11 is 0. The lowest BCUT2D eigenvalue weighted by Gasteiger charge is -2.34. The number of anilines is 1. The van der Waals surface area contributed by atoms with Crippen LogP contribution in [0.2, 0.25) is 0 Å². The molecule has 0 bridgehead atoms. The van der Waals surface area contributed by atoms with E-state index in [9.17, 15) is 13.2 Å². The fraction of sp³-hybridized carbons (Fsp3) is 0.471. The number of aromatic nitrogens is 2. The van der Waals surface area contributed by atoms with Crippen LogP contribution in [0.4, 0.5) is 6.01 Å². The Morgan fingerprint density at radius 1 is 1.21 bits per heavy atom. The number of benzene rings is 1. The summed E-state index contributed by atoms with van der Waals surface area (Å²) < 4.78 is 42.7. The molecule has 10 nitrogen and oxygen atoms in total. The number of carbonyl (C=O) groups excluding carboxylic acids is 1. The van der Waals surface area contributed by atoms with Crippen LogP contribution >= 0.6 is 0 Å². The molecule has 0 saturated carbocycles. The molecule has 1 aliphatic rings. The third kappa shape index (κ3) is 4.55. The Morgan fingerprint density at radius 3 is 2.46 bits per heavy atom. The van der Waals surface area contributed by atoms with E-state index < -0.39 is 15.9 Å². The largest absolute Gasteiger partial charge is 0.405 e. The lowest BCUT2D eigenvalue weighted by Crippen LogP contribution is -2.48. The topological polar surface area (TPSA) is 124 Å². The quantitative estimate of drug-likeness (QED) is 0.755. The van der Waals surface area contributed by atoms with Crippen molar-refractivity contribution >= 4 is 21.9 Å². The number of hydrogen-bond acceptors (Lipinski definition) is 8. The van der Waals surface area contributed by atoms with Crippen molar-refractivity contribution < 1.29 is 27.1 Å². The minimum atomic E-state index is -3.67. The monoisotopic (exact) mass is 410 g/mol. The molecular formula is C17H22N4O6S. The summed E-state index contributed by atoms with van der Waals surface area (Å²) in [5.74, 6) is -0.265.